The van der Waals surface area contributed by atoms with Gasteiger partial charge in [-0.1, -0.05) is 43.2 Å². The highest BCUT2D eigenvalue weighted by molar-refractivity contribution is 5.75. The van der Waals surface area contributed by atoms with Crippen molar-refractivity contribution in [1.82, 2.24) is 15.1 Å². The molecule has 1 aromatic carbocycles. The van der Waals surface area contributed by atoms with Gasteiger partial charge >= 0.3 is 12.0 Å². The summed E-state index contributed by atoms with van der Waals surface area (Å²) in [5.74, 6) is -0.262. The molecule has 1 atom stereocenters. The Bertz CT molecular complexity index is 724. The van der Waals surface area contributed by atoms with Crippen LogP contribution in [0.4, 0.5) is 4.79 Å². The third kappa shape index (κ3) is 4.34. The maximum absolute atomic E-state index is 12.4. The first kappa shape index (κ1) is 21.2. The van der Waals surface area contributed by atoms with Gasteiger partial charge in [0, 0.05) is 43.7 Å². The summed E-state index contributed by atoms with van der Waals surface area (Å²) in [6.07, 6.45) is 7.69. The number of nitrogens with zero attached hydrogens (tertiary/aromatic N) is 2. The van der Waals surface area contributed by atoms with E-state index in [-0.39, 0.29) is 18.4 Å². The van der Waals surface area contributed by atoms with E-state index in [9.17, 15) is 9.59 Å². The second kappa shape index (κ2) is 9.38. The number of hydrogen-bond acceptors (Lipinski definition) is 4. The highest BCUT2D eigenvalue weighted by Crippen LogP contribution is 2.59. The van der Waals surface area contributed by atoms with Crippen molar-refractivity contribution in [2.24, 2.45) is 5.41 Å². The van der Waals surface area contributed by atoms with Crippen molar-refractivity contribution in [2.75, 3.05) is 32.8 Å². The minimum absolute atomic E-state index is 0.0618. The number of rotatable bonds is 6. The molecule has 1 aliphatic carbocycles. The first-order chi connectivity index (χ1) is 14.6. The number of carbonyl (C=O) groups excluding carboxylic acids is 2. The predicted molar refractivity (Wildman–Crippen MR) is 116 cm³/mol. The van der Waals surface area contributed by atoms with Gasteiger partial charge in [-0.15, -0.1) is 0 Å². The molecule has 3 aliphatic rings. The minimum Gasteiger partial charge on any atom is -0.466 e. The molecule has 3 fully saturated rings. The molecule has 0 unspecified atom stereocenters. The number of esters is 1. The number of benzene rings is 1. The van der Waals surface area contributed by atoms with Gasteiger partial charge in [0.25, 0.3) is 0 Å². The lowest BCUT2D eigenvalue weighted by Gasteiger charge is -2.60. The fraction of sp³-hybridized carbons (Fsp3) is 0.667. The van der Waals surface area contributed by atoms with Crippen LogP contribution in [-0.2, 0) is 9.53 Å². The van der Waals surface area contributed by atoms with E-state index < -0.39 is 0 Å². The van der Waals surface area contributed by atoms with Gasteiger partial charge in [-0.3, -0.25) is 9.69 Å². The van der Waals surface area contributed by atoms with Crippen molar-refractivity contribution in [1.29, 1.82) is 0 Å². The van der Waals surface area contributed by atoms with Gasteiger partial charge in [0.15, 0.2) is 0 Å². The van der Waals surface area contributed by atoms with Gasteiger partial charge in [0.1, 0.15) is 0 Å². The first-order valence-electron chi connectivity index (χ1n) is 11.6. The monoisotopic (exact) mass is 413 g/mol. The van der Waals surface area contributed by atoms with E-state index in [0.29, 0.717) is 30.7 Å². The maximum Gasteiger partial charge on any atom is 0.317 e. The average molecular weight is 414 g/mol. The van der Waals surface area contributed by atoms with Crippen LogP contribution in [0, 0.1) is 5.41 Å². The van der Waals surface area contributed by atoms with E-state index >= 15 is 0 Å². The van der Waals surface area contributed by atoms with Crippen LogP contribution in [0.1, 0.15) is 63.5 Å². The van der Waals surface area contributed by atoms with E-state index in [0.717, 1.165) is 25.9 Å². The third-order valence-electron chi connectivity index (χ3n) is 7.26. The molecule has 0 radical (unpaired) electrons. The molecule has 6 heteroatoms. The number of hydrogen-bond donors (Lipinski definition) is 1. The number of ether oxygens (including phenoxy) is 1. The van der Waals surface area contributed by atoms with E-state index in [1.165, 1.54) is 37.8 Å². The Morgan fingerprint density at radius 2 is 1.83 bits per heavy atom. The van der Waals surface area contributed by atoms with Crippen LogP contribution in [0.15, 0.2) is 30.3 Å². The standard InChI is InChI=1S/C24H35N3O3/c1-2-30-21(28)10-15-25-23(29)26-16-11-20(12-17-26)27-18-24(13-6-7-14-24)22(27)19-8-4-3-5-9-19/h3-5,8-9,20,22H,2,6-7,10-18H2,1H3,(H,25,29)/t22-/m1/s1. The van der Waals surface area contributed by atoms with Crippen molar-refractivity contribution in [3.05, 3.63) is 35.9 Å². The quantitative estimate of drug-likeness (QED) is 0.722. The number of likely N-dealkylation sites (tertiary alicyclic amines) is 2. The lowest BCUT2D eigenvalue weighted by molar-refractivity contribution is -0.142. The van der Waals surface area contributed by atoms with Crippen LogP contribution in [0.2, 0.25) is 0 Å². The van der Waals surface area contributed by atoms with Gasteiger partial charge in [0.05, 0.1) is 13.0 Å². The second-order valence-corrected chi connectivity index (χ2v) is 9.06. The molecule has 164 valence electrons. The number of carbonyl (C=O) groups is 2. The Morgan fingerprint density at radius 1 is 1.13 bits per heavy atom. The van der Waals surface area contributed by atoms with E-state index in [1.807, 2.05) is 4.90 Å². The summed E-state index contributed by atoms with van der Waals surface area (Å²) in [5, 5.41) is 2.86. The predicted octanol–water partition coefficient (Wildman–Crippen LogP) is 3.73. The largest absolute Gasteiger partial charge is 0.466 e. The Balaban J connectivity index is 1.29. The van der Waals surface area contributed by atoms with Gasteiger partial charge < -0.3 is 15.0 Å². The van der Waals surface area contributed by atoms with Crippen molar-refractivity contribution >= 4 is 12.0 Å². The second-order valence-electron chi connectivity index (χ2n) is 9.06. The molecule has 1 aromatic rings. The molecule has 4 rings (SSSR count). The van der Waals surface area contributed by atoms with Crippen LogP contribution in [-0.4, -0.2) is 60.6 Å². The van der Waals surface area contributed by atoms with Crippen molar-refractivity contribution in [3.63, 3.8) is 0 Å². The van der Waals surface area contributed by atoms with E-state index in [2.05, 4.69) is 40.5 Å². The summed E-state index contributed by atoms with van der Waals surface area (Å²) in [7, 11) is 0. The lowest BCUT2D eigenvalue weighted by Crippen LogP contribution is -2.62. The SMILES string of the molecule is CCOC(=O)CCNC(=O)N1CCC(N2CC3(CCCC3)[C@H]2c2ccccc2)CC1. The fourth-order valence-electron chi connectivity index (χ4n) is 5.83. The molecular weight excluding hydrogens is 378 g/mol. The zero-order valence-electron chi connectivity index (χ0n) is 18.1. The van der Waals surface area contributed by atoms with Crippen LogP contribution in [0.3, 0.4) is 0 Å². The molecule has 1 spiro atoms. The number of amides is 2. The Morgan fingerprint density at radius 3 is 2.50 bits per heavy atom. The summed E-state index contributed by atoms with van der Waals surface area (Å²) < 4.78 is 4.91. The molecule has 0 aromatic heterocycles. The minimum atomic E-state index is -0.262. The summed E-state index contributed by atoms with van der Waals surface area (Å²) in [5.41, 5.74) is 1.94. The molecule has 2 aliphatic heterocycles. The average Bonchev–Trinajstić information content (AvgIpc) is 3.25. The topological polar surface area (TPSA) is 61.9 Å². The van der Waals surface area contributed by atoms with E-state index in [4.69, 9.17) is 4.74 Å². The van der Waals surface area contributed by atoms with Gasteiger partial charge in [-0.25, -0.2) is 4.79 Å². The molecule has 1 N–H and O–H groups in total. The Hall–Kier alpha value is -2.08. The molecule has 2 saturated heterocycles. The van der Waals surface area contributed by atoms with Crippen molar-refractivity contribution < 1.29 is 14.3 Å². The van der Waals surface area contributed by atoms with Crippen molar-refractivity contribution in [3.8, 4) is 0 Å². The highest BCUT2D eigenvalue weighted by Gasteiger charge is 2.55. The van der Waals surface area contributed by atoms with Gasteiger partial charge in [0.2, 0.25) is 0 Å². The summed E-state index contributed by atoms with van der Waals surface area (Å²) in [6.45, 7) is 5.27. The van der Waals surface area contributed by atoms with Crippen LogP contribution >= 0.6 is 0 Å². The molecule has 2 amide bonds. The zero-order chi connectivity index (χ0) is 21.0. The smallest absolute Gasteiger partial charge is 0.317 e. The van der Waals surface area contributed by atoms with E-state index in [1.54, 1.807) is 6.92 Å². The first-order valence-corrected chi connectivity index (χ1v) is 11.6. The van der Waals surface area contributed by atoms with Gasteiger partial charge in [-0.05, 0) is 38.2 Å². The van der Waals surface area contributed by atoms with Gasteiger partial charge in [-0.2, -0.15) is 0 Å². The Labute approximate surface area is 179 Å². The summed E-state index contributed by atoms with van der Waals surface area (Å²) in [4.78, 5) is 28.5. The van der Waals surface area contributed by atoms with Crippen LogP contribution in [0.25, 0.3) is 0 Å². The number of nitrogens with one attached hydrogen (secondary N) is 1. The number of urea groups is 1. The van der Waals surface area contributed by atoms with Crippen LogP contribution in [0.5, 0.6) is 0 Å². The molecule has 6 nitrogen and oxygen atoms in total. The molecule has 0 bridgehead atoms. The normalized spacial score (nSPS) is 23.9. The third-order valence-corrected chi connectivity index (χ3v) is 7.26. The molecule has 30 heavy (non-hydrogen) atoms. The lowest BCUT2D eigenvalue weighted by atomic mass is 9.66. The Kier molecular flexibility index (Phi) is 6.61. The molecule has 1 saturated carbocycles. The van der Waals surface area contributed by atoms with Crippen molar-refractivity contribution in [2.45, 2.75) is 64.0 Å². The number of piperidine rings is 1. The molecule has 2 heterocycles. The fourth-order valence-corrected chi connectivity index (χ4v) is 5.83. The maximum atomic E-state index is 12.4. The summed E-state index contributed by atoms with van der Waals surface area (Å²) >= 11 is 0. The highest BCUT2D eigenvalue weighted by atomic mass is 16.5. The van der Waals surface area contributed by atoms with Crippen LogP contribution < -0.4 is 5.32 Å². The zero-order valence-corrected chi connectivity index (χ0v) is 18.1. The summed E-state index contributed by atoms with van der Waals surface area (Å²) in [6, 6.07) is 12.0. The molecular formula is C24H35N3O3.